The van der Waals surface area contributed by atoms with Crippen LogP contribution in [0.3, 0.4) is 0 Å². The molecular weight excluding hydrogens is 798 g/mol. The van der Waals surface area contributed by atoms with Crippen LogP contribution in [0.15, 0.2) is 36.5 Å². The molecule has 0 bridgehead atoms. The lowest BCUT2D eigenvalue weighted by Crippen LogP contribution is -2.59. The number of nitrogens with zero attached hydrogens (tertiary/aromatic N) is 3. The van der Waals surface area contributed by atoms with E-state index in [-0.39, 0.29) is 31.1 Å². The topological polar surface area (TPSA) is 186 Å². The van der Waals surface area contributed by atoms with Gasteiger partial charge in [0, 0.05) is 44.6 Å². The van der Waals surface area contributed by atoms with Gasteiger partial charge in [0.1, 0.15) is 30.3 Å². The number of ether oxygens (including phenoxy) is 3. The number of likely N-dealkylation sites (N-methyl/N-ethyl adjacent to an activating group) is 1. The molecule has 0 radical (unpaired) electrons. The Kier molecular flexibility index (Phi) is 9.29. The van der Waals surface area contributed by atoms with Crippen molar-refractivity contribution in [2.45, 2.75) is 113 Å². The Balaban J connectivity index is 1.26. The molecule has 1 saturated heterocycles. The molecule has 3 fully saturated rings. The molecule has 4 heterocycles. The zero-order chi connectivity index (χ0) is 47.7. The van der Waals surface area contributed by atoms with Gasteiger partial charge in [0.15, 0.2) is 5.75 Å². The quantitative estimate of drug-likeness (QED) is 0.337. The van der Waals surface area contributed by atoms with E-state index in [2.05, 4.69) is 19.8 Å². The van der Waals surface area contributed by atoms with Crippen LogP contribution >= 0.6 is 0 Å². The highest BCUT2D eigenvalue weighted by Gasteiger charge is 2.62. The zero-order valence-electron chi connectivity index (χ0n) is 38.6. The number of alkyl halides is 3. The molecule has 3 aliphatic heterocycles. The third kappa shape index (κ3) is 8.62. The third-order valence-electron chi connectivity index (χ3n) is 11.7. The largest absolute Gasteiger partial charge is 0.489 e. The highest BCUT2D eigenvalue weighted by atomic mass is 32.2. The third-order valence-corrected chi connectivity index (χ3v) is 13.6. The number of aromatic nitrogens is 1. The minimum atomic E-state index is -6.15. The molecule has 4 amide bonds. The van der Waals surface area contributed by atoms with Crippen LogP contribution in [0.5, 0.6) is 11.6 Å². The van der Waals surface area contributed by atoms with Gasteiger partial charge in [-0.2, -0.15) is 13.2 Å². The summed E-state index contributed by atoms with van der Waals surface area (Å²) in [5.41, 5.74) is -5.94. The van der Waals surface area contributed by atoms with Gasteiger partial charge >= 0.3 is 12.3 Å². The Hall–Kier alpha value is -4.81. The number of hydrogen-bond acceptors (Lipinski definition) is 11. The van der Waals surface area contributed by atoms with Crippen LogP contribution in [0.25, 0.3) is 10.8 Å². The van der Waals surface area contributed by atoms with Crippen LogP contribution in [0.4, 0.5) is 23.7 Å². The number of sulfonamides is 1. The standard InChI is InChI=1S/C40H51F3N6O9S/c1-22-8-6-7-9-24-20-39(24,36(52)47-59(54,55)26-10-11-26)46-33(50)30-19-25(57-34-28-12-13-29-32(27(28)14-15-44-34)56-17-16-48(29)5)21-49(30)35(51)31(23(2)18-22)45-37(53)58-38(3,4)40(41,42)43/h7,9,12-15,22-26,30-31H,6,8,10-11,16-21H2,1-5H3,(H,45,53)(H,46,50)(H,47,52)/b9-7-/t22-,23+,24+,25+,30-,31-,39+/m0/s1/i3D3,4D3. The molecule has 2 saturated carbocycles. The number of alkyl carbamates (subject to hydrolysis) is 1. The second-order valence-electron chi connectivity index (χ2n) is 16.3. The molecule has 1 aromatic carbocycles. The van der Waals surface area contributed by atoms with Gasteiger partial charge in [-0.25, -0.2) is 18.2 Å². The number of carbonyl (C=O) groups excluding carboxylic acids is 4. The second-order valence-corrected chi connectivity index (χ2v) is 18.3. The summed E-state index contributed by atoms with van der Waals surface area (Å²) in [7, 11) is -2.16. The van der Waals surface area contributed by atoms with Crippen molar-refractivity contribution in [1.82, 2.24) is 25.2 Å². The number of halogens is 3. The Morgan fingerprint density at radius 1 is 1.10 bits per heavy atom. The summed E-state index contributed by atoms with van der Waals surface area (Å²) < 4.78 is 134. The number of benzene rings is 1. The van der Waals surface area contributed by atoms with Crippen LogP contribution in [0, 0.1) is 17.8 Å². The van der Waals surface area contributed by atoms with Crippen molar-refractivity contribution in [3.63, 3.8) is 0 Å². The van der Waals surface area contributed by atoms with E-state index in [0.29, 0.717) is 55.4 Å². The fraction of sp³-hybridized carbons (Fsp3) is 0.625. The molecule has 0 spiro atoms. The van der Waals surface area contributed by atoms with E-state index in [0.717, 1.165) is 10.6 Å². The molecule has 322 valence electrons. The summed E-state index contributed by atoms with van der Waals surface area (Å²) in [6.45, 7) is -4.98. The number of rotatable bonds is 7. The van der Waals surface area contributed by atoms with Gasteiger partial charge in [-0.1, -0.05) is 26.0 Å². The summed E-state index contributed by atoms with van der Waals surface area (Å²) in [6, 6.07) is 1.95. The van der Waals surface area contributed by atoms with Gasteiger partial charge in [-0.3, -0.25) is 19.1 Å². The number of allylic oxidation sites excluding steroid dienone is 1. The average Bonchev–Trinajstić information content (AvgIpc) is 4.13. The zero-order valence-corrected chi connectivity index (χ0v) is 33.5. The molecule has 5 aliphatic rings. The molecule has 0 unspecified atom stereocenters. The van der Waals surface area contributed by atoms with Gasteiger partial charge in [0.2, 0.25) is 33.3 Å². The smallest absolute Gasteiger partial charge is 0.427 e. The van der Waals surface area contributed by atoms with Crippen molar-refractivity contribution in [3.8, 4) is 11.6 Å². The first-order valence-corrected chi connectivity index (χ1v) is 21.1. The number of anilines is 1. The van der Waals surface area contributed by atoms with Crippen LogP contribution in [-0.2, 0) is 29.1 Å². The lowest BCUT2D eigenvalue weighted by molar-refractivity contribution is -0.244. The summed E-state index contributed by atoms with van der Waals surface area (Å²) in [5.74, 6) is -4.11. The van der Waals surface area contributed by atoms with Gasteiger partial charge in [0.05, 0.1) is 24.0 Å². The predicted octanol–water partition coefficient (Wildman–Crippen LogP) is 4.34. The first kappa shape index (κ1) is 35.0. The maximum absolute atomic E-state index is 15.0. The van der Waals surface area contributed by atoms with E-state index in [4.69, 9.17) is 17.7 Å². The first-order valence-electron chi connectivity index (χ1n) is 22.5. The van der Waals surface area contributed by atoms with E-state index >= 15 is 0 Å². The molecule has 7 rings (SSSR count). The number of hydrogen-bond donors (Lipinski definition) is 3. The molecule has 15 nitrogen and oxygen atoms in total. The van der Waals surface area contributed by atoms with Crippen LogP contribution < -0.4 is 29.7 Å². The fourth-order valence-corrected chi connectivity index (χ4v) is 9.51. The maximum Gasteiger partial charge on any atom is 0.427 e. The number of nitrogens with one attached hydrogen (secondary N) is 3. The van der Waals surface area contributed by atoms with Crippen molar-refractivity contribution in [1.29, 1.82) is 0 Å². The monoisotopic (exact) mass is 854 g/mol. The van der Waals surface area contributed by atoms with Crippen LogP contribution in [0.1, 0.15) is 80.7 Å². The van der Waals surface area contributed by atoms with E-state index in [1.807, 2.05) is 30.3 Å². The molecule has 3 N–H and O–H groups in total. The molecule has 2 aromatic rings. The summed E-state index contributed by atoms with van der Waals surface area (Å²) in [4.78, 5) is 64.4. The molecular formula is C40H51F3N6O9S. The lowest BCUT2D eigenvalue weighted by Gasteiger charge is -2.34. The van der Waals surface area contributed by atoms with Crippen LogP contribution in [-0.4, -0.2) is 110 Å². The Bertz CT molecular complexity index is 2330. The molecule has 19 heteroatoms. The first-order chi connectivity index (χ1) is 30.2. The Labute approximate surface area is 349 Å². The molecule has 7 atom stereocenters. The molecule has 59 heavy (non-hydrogen) atoms. The Morgan fingerprint density at radius 3 is 2.58 bits per heavy atom. The summed E-state index contributed by atoms with van der Waals surface area (Å²) in [5, 5.41) is 5.14. The highest BCUT2D eigenvalue weighted by molar-refractivity contribution is 7.91. The second kappa shape index (κ2) is 15.7. The van der Waals surface area contributed by atoms with Gasteiger partial charge < -0.3 is 34.6 Å². The minimum absolute atomic E-state index is 0.0138. The van der Waals surface area contributed by atoms with Crippen molar-refractivity contribution in [2.75, 3.05) is 31.6 Å². The van der Waals surface area contributed by atoms with E-state index in [1.165, 1.54) is 13.1 Å². The van der Waals surface area contributed by atoms with E-state index in [1.54, 1.807) is 24.3 Å². The fourth-order valence-electron chi connectivity index (χ4n) is 8.15. The Morgan fingerprint density at radius 2 is 1.86 bits per heavy atom. The molecule has 1 aromatic heterocycles. The number of amides is 4. The molecule has 2 aliphatic carbocycles. The average molecular weight is 855 g/mol. The predicted molar refractivity (Wildman–Crippen MR) is 209 cm³/mol. The number of pyridine rings is 1. The SMILES string of the molecule is [2H]C([2H])([2H])C(OC(=O)N[C@@H]1C(=O)N2C[C@H](Oc3nccc4c5c(ccc34)N(C)CCO5)C[C@H]2C(=O)N[C@]2(C(=O)NS(=O)(=O)C3CC3)C[C@H]2/C=C\CC[C@H](C)C[C@H]1C)(C([2H])([2H])[2H])C(F)(F)F. The highest BCUT2D eigenvalue weighted by Crippen LogP contribution is 2.47. The number of carbonyl (C=O) groups is 4. The van der Waals surface area contributed by atoms with Gasteiger partial charge in [-0.15, -0.1) is 0 Å². The minimum Gasteiger partial charge on any atom is -0.489 e. The normalized spacial score (nSPS) is 31.6. The summed E-state index contributed by atoms with van der Waals surface area (Å²) in [6.07, 6.45) is -2.95. The van der Waals surface area contributed by atoms with Gasteiger partial charge in [0.25, 0.3) is 5.91 Å². The van der Waals surface area contributed by atoms with Crippen molar-refractivity contribution in [3.05, 3.63) is 36.5 Å². The van der Waals surface area contributed by atoms with Gasteiger partial charge in [-0.05, 0) is 82.3 Å². The van der Waals surface area contributed by atoms with E-state index < -0.39 is 107 Å². The van der Waals surface area contributed by atoms with Crippen molar-refractivity contribution < 1.29 is 63.2 Å². The van der Waals surface area contributed by atoms with Crippen molar-refractivity contribution in [2.24, 2.45) is 17.8 Å². The summed E-state index contributed by atoms with van der Waals surface area (Å²) >= 11 is 0. The lowest BCUT2D eigenvalue weighted by atomic mass is 9.88. The van der Waals surface area contributed by atoms with Crippen LogP contribution in [0.2, 0.25) is 0 Å². The van der Waals surface area contributed by atoms with E-state index in [9.17, 15) is 40.8 Å². The number of fused-ring (bicyclic) bond motifs is 5. The maximum atomic E-state index is 15.0. The van der Waals surface area contributed by atoms with Crippen molar-refractivity contribution >= 4 is 50.3 Å².